The van der Waals surface area contributed by atoms with E-state index >= 15 is 0 Å². The van der Waals surface area contributed by atoms with Gasteiger partial charge in [-0.15, -0.1) is 10.2 Å². The van der Waals surface area contributed by atoms with E-state index in [-0.39, 0.29) is 18.3 Å². The van der Waals surface area contributed by atoms with Crippen LogP contribution in [0.4, 0.5) is 5.13 Å². The lowest BCUT2D eigenvalue weighted by atomic mass is 10.1. The summed E-state index contributed by atoms with van der Waals surface area (Å²) in [5, 5.41) is 11.9. The number of hydrogen-bond acceptors (Lipinski definition) is 6. The van der Waals surface area contributed by atoms with Gasteiger partial charge in [0.2, 0.25) is 5.13 Å². The van der Waals surface area contributed by atoms with Crippen LogP contribution in [0.1, 0.15) is 35.6 Å². The Morgan fingerprint density at radius 1 is 1.32 bits per heavy atom. The molecule has 0 aliphatic carbocycles. The summed E-state index contributed by atoms with van der Waals surface area (Å²) in [4.78, 5) is 23.1. The van der Waals surface area contributed by atoms with Crippen molar-refractivity contribution >= 4 is 28.2 Å². The van der Waals surface area contributed by atoms with Gasteiger partial charge in [0.25, 0.3) is 5.91 Å². The molecule has 116 valence electrons. The van der Waals surface area contributed by atoms with Crippen LogP contribution in [0.25, 0.3) is 0 Å². The molecule has 0 radical (unpaired) electrons. The number of carbonyl (C=O) groups is 2. The Morgan fingerprint density at radius 3 is 2.86 bits per heavy atom. The van der Waals surface area contributed by atoms with Gasteiger partial charge in [-0.25, -0.2) is 0 Å². The highest BCUT2D eigenvalue weighted by Gasteiger charge is 2.09. The first-order valence-corrected chi connectivity index (χ1v) is 7.76. The van der Waals surface area contributed by atoms with E-state index < -0.39 is 0 Å². The van der Waals surface area contributed by atoms with Crippen LogP contribution in [0.3, 0.4) is 0 Å². The molecular weight excluding hydrogens is 302 g/mol. The Bertz CT molecular complexity index is 670. The molecule has 22 heavy (non-hydrogen) atoms. The molecule has 0 spiro atoms. The standard InChI is InChI=1S/C15H17N3O3S/c1-3-5-14-17-18-15(22-14)16-13(20)9-21-12-7-4-6-11(8-12)10(2)19/h4,6-8H,3,5,9H2,1-2H3,(H,16,18,20). The number of amides is 1. The number of rotatable bonds is 7. The molecule has 0 aliphatic heterocycles. The average molecular weight is 319 g/mol. The lowest BCUT2D eigenvalue weighted by molar-refractivity contribution is -0.118. The second kappa shape index (κ2) is 7.65. The summed E-state index contributed by atoms with van der Waals surface area (Å²) in [6, 6.07) is 6.72. The molecule has 2 aromatic rings. The molecule has 0 fully saturated rings. The first kappa shape index (κ1) is 16.1. The van der Waals surface area contributed by atoms with Crippen molar-refractivity contribution in [3.05, 3.63) is 34.8 Å². The van der Waals surface area contributed by atoms with Gasteiger partial charge in [0.15, 0.2) is 12.4 Å². The monoisotopic (exact) mass is 319 g/mol. The fourth-order valence-corrected chi connectivity index (χ4v) is 2.59. The fourth-order valence-electron chi connectivity index (χ4n) is 1.73. The van der Waals surface area contributed by atoms with Gasteiger partial charge in [-0.2, -0.15) is 0 Å². The Kier molecular flexibility index (Phi) is 5.60. The van der Waals surface area contributed by atoms with Crippen molar-refractivity contribution in [2.45, 2.75) is 26.7 Å². The van der Waals surface area contributed by atoms with E-state index in [1.807, 2.05) is 0 Å². The van der Waals surface area contributed by atoms with Crippen LogP contribution >= 0.6 is 11.3 Å². The number of aromatic nitrogens is 2. The highest BCUT2D eigenvalue weighted by atomic mass is 32.1. The summed E-state index contributed by atoms with van der Waals surface area (Å²) in [5.41, 5.74) is 0.547. The van der Waals surface area contributed by atoms with Crippen molar-refractivity contribution in [3.63, 3.8) is 0 Å². The second-order valence-electron chi connectivity index (χ2n) is 4.67. The van der Waals surface area contributed by atoms with Crippen LogP contribution in [0, 0.1) is 0 Å². The smallest absolute Gasteiger partial charge is 0.264 e. The van der Waals surface area contributed by atoms with Crippen LogP contribution in [0.2, 0.25) is 0 Å². The molecule has 0 saturated heterocycles. The predicted octanol–water partition coefficient (Wildman–Crippen LogP) is 2.71. The summed E-state index contributed by atoms with van der Waals surface area (Å²) >= 11 is 1.36. The third kappa shape index (κ3) is 4.63. The number of ketones is 1. The van der Waals surface area contributed by atoms with Crippen molar-refractivity contribution in [1.82, 2.24) is 10.2 Å². The lowest BCUT2D eigenvalue weighted by Crippen LogP contribution is -2.20. The Balaban J connectivity index is 1.87. The Hall–Kier alpha value is -2.28. The minimum absolute atomic E-state index is 0.0489. The van der Waals surface area contributed by atoms with Crippen molar-refractivity contribution in [1.29, 1.82) is 0 Å². The molecule has 1 heterocycles. The zero-order valence-corrected chi connectivity index (χ0v) is 13.3. The molecule has 0 atom stereocenters. The van der Waals surface area contributed by atoms with Crippen molar-refractivity contribution in [2.75, 3.05) is 11.9 Å². The van der Waals surface area contributed by atoms with E-state index in [1.165, 1.54) is 18.3 Å². The lowest BCUT2D eigenvalue weighted by Gasteiger charge is -2.06. The van der Waals surface area contributed by atoms with Gasteiger partial charge in [-0.3, -0.25) is 14.9 Å². The number of Topliss-reactive ketones (excluding diaryl/α,β-unsaturated/α-hetero) is 1. The van der Waals surface area contributed by atoms with Crippen molar-refractivity contribution in [3.8, 4) is 5.75 Å². The molecule has 0 bridgehead atoms. The maximum Gasteiger partial charge on any atom is 0.264 e. The highest BCUT2D eigenvalue weighted by Crippen LogP contribution is 2.17. The zero-order valence-electron chi connectivity index (χ0n) is 12.5. The molecule has 1 amide bonds. The van der Waals surface area contributed by atoms with E-state index in [1.54, 1.807) is 24.3 Å². The Labute approximate surface area is 132 Å². The third-order valence-corrected chi connectivity index (χ3v) is 3.69. The molecule has 1 aromatic heterocycles. The topological polar surface area (TPSA) is 81.2 Å². The predicted molar refractivity (Wildman–Crippen MR) is 84.5 cm³/mol. The van der Waals surface area contributed by atoms with E-state index in [2.05, 4.69) is 22.4 Å². The maximum atomic E-state index is 11.8. The number of carbonyl (C=O) groups excluding carboxylic acids is 2. The van der Waals surface area contributed by atoms with Gasteiger partial charge in [-0.1, -0.05) is 30.4 Å². The first-order chi connectivity index (χ1) is 10.6. The van der Waals surface area contributed by atoms with E-state index in [9.17, 15) is 9.59 Å². The molecule has 1 aromatic carbocycles. The summed E-state index contributed by atoms with van der Waals surface area (Å²) < 4.78 is 5.38. The Morgan fingerprint density at radius 2 is 2.14 bits per heavy atom. The van der Waals surface area contributed by atoms with Crippen LogP contribution in [-0.2, 0) is 11.2 Å². The SMILES string of the molecule is CCCc1nnc(NC(=O)COc2cccc(C(C)=O)c2)s1. The molecular formula is C15H17N3O3S. The first-order valence-electron chi connectivity index (χ1n) is 6.94. The third-order valence-electron chi connectivity index (χ3n) is 2.79. The van der Waals surface area contributed by atoms with Gasteiger partial charge < -0.3 is 4.74 Å². The molecule has 1 N–H and O–H groups in total. The van der Waals surface area contributed by atoms with Crippen molar-refractivity contribution in [2.24, 2.45) is 0 Å². The number of nitrogens with zero attached hydrogens (tertiary/aromatic N) is 2. The largest absolute Gasteiger partial charge is 0.484 e. The van der Waals surface area contributed by atoms with Gasteiger partial charge in [-0.05, 0) is 25.5 Å². The zero-order chi connectivity index (χ0) is 15.9. The van der Waals surface area contributed by atoms with Gasteiger partial charge in [0.1, 0.15) is 10.8 Å². The molecule has 7 heteroatoms. The van der Waals surface area contributed by atoms with E-state index in [0.29, 0.717) is 16.4 Å². The number of nitrogens with one attached hydrogen (secondary N) is 1. The number of ether oxygens (including phenoxy) is 1. The van der Waals surface area contributed by atoms with Crippen LogP contribution < -0.4 is 10.1 Å². The minimum atomic E-state index is -0.313. The summed E-state index contributed by atoms with van der Waals surface area (Å²) in [6.07, 6.45) is 1.83. The van der Waals surface area contributed by atoms with Gasteiger partial charge in [0, 0.05) is 12.0 Å². The van der Waals surface area contributed by atoms with E-state index in [0.717, 1.165) is 17.8 Å². The number of aryl methyl sites for hydroxylation is 1. The number of hydrogen-bond donors (Lipinski definition) is 1. The fraction of sp³-hybridized carbons (Fsp3) is 0.333. The molecule has 2 rings (SSSR count). The molecule has 0 saturated carbocycles. The maximum absolute atomic E-state index is 11.8. The van der Waals surface area contributed by atoms with E-state index in [4.69, 9.17) is 4.74 Å². The summed E-state index contributed by atoms with van der Waals surface area (Å²) in [7, 11) is 0. The van der Waals surface area contributed by atoms with Crippen LogP contribution in [0.15, 0.2) is 24.3 Å². The van der Waals surface area contributed by atoms with Gasteiger partial charge >= 0.3 is 0 Å². The quantitative estimate of drug-likeness (QED) is 0.794. The average Bonchev–Trinajstić information content (AvgIpc) is 2.93. The molecule has 0 aliphatic rings. The van der Waals surface area contributed by atoms with Crippen LogP contribution in [-0.4, -0.2) is 28.5 Å². The number of benzene rings is 1. The highest BCUT2D eigenvalue weighted by molar-refractivity contribution is 7.15. The molecule has 0 unspecified atom stereocenters. The number of anilines is 1. The second-order valence-corrected chi connectivity index (χ2v) is 5.73. The normalized spacial score (nSPS) is 10.3. The van der Waals surface area contributed by atoms with Gasteiger partial charge in [0.05, 0.1) is 0 Å². The molecule has 6 nitrogen and oxygen atoms in total. The summed E-state index contributed by atoms with van der Waals surface area (Å²) in [6.45, 7) is 3.39. The van der Waals surface area contributed by atoms with Crippen molar-refractivity contribution < 1.29 is 14.3 Å². The minimum Gasteiger partial charge on any atom is -0.484 e. The van der Waals surface area contributed by atoms with Crippen LogP contribution in [0.5, 0.6) is 5.75 Å². The summed E-state index contributed by atoms with van der Waals surface area (Å²) in [5.74, 6) is 0.117.